The van der Waals surface area contributed by atoms with Gasteiger partial charge in [0.15, 0.2) is 5.84 Å². The van der Waals surface area contributed by atoms with E-state index < -0.39 is 17.9 Å². The van der Waals surface area contributed by atoms with Crippen LogP contribution in [0.2, 0.25) is 0 Å². The Hall–Kier alpha value is -0.980. The van der Waals surface area contributed by atoms with Crippen molar-refractivity contribution < 1.29 is 18.4 Å². The van der Waals surface area contributed by atoms with Crippen LogP contribution in [0.4, 0.5) is 13.2 Å². The molecule has 0 aliphatic rings. The van der Waals surface area contributed by atoms with Gasteiger partial charge in [-0.2, -0.15) is 13.2 Å². The largest absolute Gasteiger partial charge is 0.409 e. The molecule has 0 radical (unpaired) electrons. The van der Waals surface area contributed by atoms with E-state index in [-0.39, 0.29) is 6.54 Å². The minimum atomic E-state index is -4.49. The SMILES string of the molecule is CCCCN(CCCC)CC(C(N)=NO)C(F)(F)F. The lowest BCUT2D eigenvalue weighted by Gasteiger charge is -2.28. The lowest BCUT2D eigenvalue weighted by Crippen LogP contribution is -2.45. The summed E-state index contributed by atoms with van der Waals surface area (Å²) in [6, 6.07) is 0. The molecule has 0 aromatic carbocycles. The van der Waals surface area contributed by atoms with E-state index in [1.165, 1.54) is 0 Å². The van der Waals surface area contributed by atoms with Crippen LogP contribution in [0, 0.1) is 5.92 Å². The number of unbranched alkanes of at least 4 members (excludes halogenated alkanes) is 2. The predicted molar refractivity (Wildman–Crippen MR) is 69.2 cm³/mol. The van der Waals surface area contributed by atoms with Crippen molar-refractivity contribution in [2.75, 3.05) is 19.6 Å². The standard InChI is InChI=1S/C12H24F3N3O/c1-3-5-7-18(8-6-4-2)9-10(11(16)17-19)12(13,14)15/h10,19H,3-9H2,1-2H3,(H2,16,17). The highest BCUT2D eigenvalue weighted by atomic mass is 19.4. The van der Waals surface area contributed by atoms with E-state index in [4.69, 9.17) is 10.9 Å². The molecule has 0 aromatic rings. The van der Waals surface area contributed by atoms with Crippen LogP contribution in [0.1, 0.15) is 39.5 Å². The highest BCUT2D eigenvalue weighted by molar-refractivity contribution is 5.83. The third kappa shape index (κ3) is 7.25. The molecule has 0 aromatic heterocycles. The summed E-state index contributed by atoms with van der Waals surface area (Å²) in [4.78, 5) is 1.74. The van der Waals surface area contributed by atoms with Crippen molar-refractivity contribution in [3.8, 4) is 0 Å². The van der Waals surface area contributed by atoms with Crippen molar-refractivity contribution in [2.45, 2.75) is 45.7 Å². The first-order valence-electron chi connectivity index (χ1n) is 6.63. The minimum absolute atomic E-state index is 0.251. The molecule has 0 saturated carbocycles. The molecule has 0 fully saturated rings. The van der Waals surface area contributed by atoms with Gasteiger partial charge in [0.1, 0.15) is 5.92 Å². The summed E-state index contributed by atoms with van der Waals surface area (Å²) in [6.45, 7) is 4.93. The molecule has 0 aliphatic heterocycles. The summed E-state index contributed by atoms with van der Waals surface area (Å²) in [5, 5.41) is 11.0. The molecule has 1 unspecified atom stereocenters. The molecule has 0 bridgehead atoms. The first kappa shape index (κ1) is 18.0. The second-order valence-corrected chi connectivity index (χ2v) is 4.63. The Morgan fingerprint density at radius 2 is 1.68 bits per heavy atom. The Morgan fingerprint density at radius 3 is 2.00 bits per heavy atom. The molecular weight excluding hydrogens is 259 g/mol. The van der Waals surface area contributed by atoms with Gasteiger partial charge in [-0.25, -0.2) is 0 Å². The molecule has 0 rings (SSSR count). The molecule has 1 atom stereocenters. The number of halogens is 3. The number of nitrogens with two attached hydrogens (primary N) is 1. The lowest BCUT2D eigenvalue weighted by atomic mass is 10.1. The highest BCUT2D eigenvalue weighted by Gasteiger charge is 2.43. The van der Waals surface area contributed by atoms with Gasteiger partial charge in [-0.3, -0.25) is 0 Å². The van der Waals surface area contributed by atoms with Crippen molar-refractivity contribution in [3.63, 3.8) is 0 Å². The third-order valence-electron chi connectivity index (χ3n) is 2.96. The first-order chi connectivity index (χ1) is 8.86. The van der Waals surface area contributed by atoms with E-state index >= 15 is 0 Å². The quantitative estimate of drug-likeness (QED) is 0.296. The number of hydrogen-bond acceptors (Lipinski definition) is 3. The molecule has 3 N–H and O–H groups in total. The second kappa shape index (κ2) is 9.01. The number of hydrogen-bond donors (Lipinski definition) is 2. The number of alkyl halides is 3. The lowest BCUT2D eigenvalue weighted by molar-refractivity contribution is -0.160. The zero-order chi connectivity index (χ0) is 14.9. The van der Waals surface area contributed by atoms with E-state index in [9.17, 15) is 13.2 Å². The molecule has 0 spiro atoms. The van der Waals surface area contributed by atoms with Crippen molar-refractivity contribution >= 4 is 5.84 Å². The third-order valence-corrected chi connectivity index (χ3v) is 2.96. The van der Waals surface area contributed by atoms with E-state index in [0.717, 1.165) is 25.7 Å². The summed E-state index contributed by atoms with van der Waals surface area (Å²) in [6.07, 6.45) is -0.978. The number of oxime groups is 1. The zero-order valence-corrected chi connectivity index (χ0v) is 11.6. The van der Waals surface area contributed by atoms with Crippen LogP contribution >= 0.6 is 0 Å². The second-order valence-electron chi connectivity index (χ2n) is 4.63. The Morgan fingerprint density at radius 1 is 1.21 bits per heavy atom. The smallest absolute Gasteiger partial charge is 0.400 e. The van der Waals surface area contributed by atoms with Crippen LogP contribution in [0.25, 0.3) is 0 Å². The minimum Gasteiger partial charge on any atom is -0.409 e. The van der Waals surface area contributed by atoms with Crippen molar-refractivity contribution in [2.24, 2.45) is 16.8 Å². The average molecular weight is 283 g/mol. The van der Waals surface area contributed by atoms with Crippen molar-refractivity contribution in [1.29, 1.82) is 0 Å². The van der Waals surface area contributed by atoms with Crippen LogP contribution in [0.15, 0.2) is 5.16 Å². The van der Waals surface area contributed by atoms with Crippen molar-refractivity contribution in [1.82, 2.24) is 4.90 Å². The van der Waals surface area contributed by atoms with Gasteiger partial charge in [-0.15, -0.1) is 0 Å². The number of rotatable bonds is 9. The van der Waals surface area contributed by atoms with Gasteiger partial charge in [0, 0.05) is 6.54 Å². The van der Waals surface area contributed by atoms with Crippen LogP contribution in [-0.2, 0) is 0 Å². The van der Waals surface area contributed by atoms with E-state index in [0.29, 0.717) is 13.1 Å². The average Bonchev–Trinajstić information content (AvgIpc) is 2.35. The van der Waals surface area contributed by atoms with Crippen LogP contribution in [-0.4, -0.2) is 41.8 Å². The predicted octanol–water partition coefficient (Wildman–Crippen LogP) is 2.81. The van der Waals surface area contributed by atoms with Gasteiger partial charge < -0.3 is 15.8 Å². The van der Waals surface area contributed by atoms with Gasteiger partial charge in [0.05, 0.1) is 0 Å². The van der Waals surface area contributed by atoms with Crippen LogP contribution in [0.5, 0.6) is 0 Å². The number of amidine groups is 1. The van der Waals surface area contributed by atoms with Gasteiger partial charge >= 0.3 is 6.18 Å². The fourth-order valence-corrected chi connectivity index (χ4v) is 1.75. The van der Waals surface area contributed by atoms with Gasteiger partial charge in [0.2, 0.25) is 0 Å². The number of nitrogens with zero attached hydrogens (tertiary/aromatic N) is 2. The monoisotopic (exact) mass is 283 g/mol. The van der Waals surface area contributed by atoms with E-state index in [1.54, 1.807) is 4.90 Å². The molecule has 0 aliphatic carbocycles. The Bertz CT molecular complexity index is 261. The maximum absolute atomic E-state index is 12.9. The normalized spacial score (nSPS) is 14.9. The Kier molecular flexibility index (Phi) is 8.54. The highest BCUT2D eigenvalue weighted by Crippen LogP contribution is 2.27. The van der Waals surface area contributed by atoms with Gasteiger partial charge in [0.25, 0.3) is 0 Å². The molecule has 114 valence electrons. The zero-order valence-electron chi connectivity index (χ0n) is 11.6. The fourth-order valence-electron chi connectivity index (χ4n) is 1.75. The summed E-state index contributed by atoms with van der Waals surface area (Å²) in [5.74, 6) is -2.68. The maximum atomic E-state index is 12.9. The summed E-state index contributed by atoms with van der Waals surface area (Å²) >= 11 is 0. The Labute approximate surface area is 112 Å². The molecule has 4 nitrogen and oxygen atoms in total. The molecule has 0 saturated heterocycles. The van der Waals surface area contributed by atoms with Gasteiger partial charge in [-0.1, -0.05) is 31.8 Å². The molecule has 0 amide bonds. The topological polar surface area (TPSA) is 61.8 Å². The first-order valence-corrected chi connectivity index (χ1v) is 6.63. The summed E-state index contributed by atoms with van der Waals surface area (Å²) in [5.41, 5.74) is 5.16. The fraction of sp³-hybridized carbons (Fsp3) is 0.917. The molecule has 19 heavy (non-hydrogen) atoms. The van der Waals surface area contributed by atoms with Crippen LogP contribution in [0.3, 0.4) is 0 Å². The Balaban J connectivity index is 4.71. The van der Waals surface area contributed by atoms with E-state index in [1.807, 2.05) is 13.8 Å². The van der Waals surface area contributed by atoms with Crippen molar-refractivity contribution in [3.05, 3.63) is 0 Å². The maximum Gasteiger partial charge on any atom is 0.400 e. The molecule has 0 heterocycles. The summed E-state index contributed by atoms with van der Waals surface area (Å²) in [7, 11) is 0. The van der Waals surface area contributed by atoms with Crippen LogP contribution < -0.4 is 5.73 Å². The molecule has 7 heteroatoms. The summed E-state index contributed by atoms with van der Waals surface area (Å²) < 4.78 is 38.6. The molecular formula is C12H24F3N3O. The van der Waals surface area contributed by atoms with Gasteiger partial charge in [-0.05, 0) is 25.9 Å². The van der Waals surface area contributed by atoms with E-state index in [2.05, 4.69) is 5.16 Å².